The van der Waals surface area contributed by atoms with Crippen molar-refractivity contribution >= 4 is 17.7 Å². The van der Waals surface area contributed by atoms with E-state index in [0.717, 1.165) is 32.1 Å². The summed E-state index contributed by atoms with van der Waals surface area (Å²) in [7, 11) is 0. The predicted octanol–water partition coefficient (Wildman–Crippen LogP) is -3.92. The van der Waals surface area contributed by atoms with Crippen LogP contribution in [0.15, 0.2) is 0 Å². The predicted molar refractivity (Wildman–Crippen MR) is 187 cm³/mol. The molecule has 4 aliphatic rings. The molecule has 2 saturated carbocycles. The van der Waals surface area contributed by atoms with Crippen molar-refractivity contribution in [1.82, 2.24) is 5.32 Å². The molecule has 0 spiro atoms. The van der Waals surface area contributed by atoms with Gasteiger partial charge >= 0.3 is 29.6 Å². The van der Waals surface area contributed by atoms with Crippen molar-refractivity contribution in [2.24, 2.45) is 17.8 Å². The number of hydrogen-bond donors (Lipinski definition) is 6. The second-order valence-corrected chi connectivity index (χ2v) is 15.2. The second-order valence-electron chi connectivity index (χ2n) is 15.2. The monoisotopic (exact) mass is 793 g/mol. The van der Waals surface area contributed by atoms with Gasteiger partial charge in [0, 0.05) is 25.9 Å². The Kier molecular flexibility index (Phi) is 20.4. The van der Waals surface area contributed by atoms with E-state index in [-0.39, 0.29) is 73.0 Å². The Morgan fingerprint density at radius 3 is 2.29 bits per heavy atom. The molecule has 6 N–H and O–H groups in total. The van der Waals surface area contributed by atoms with Gasteiger partial charge in [0.05, 0.1) is 37.0 Å². The average molecular weight is 794 g/mol. The van der Waals surface area contributed by atoms with Gasteiger partial charge < -0.3 is 69.2 Å². The van der Waals surface area contributed by atoms with Crippen LogP contribution in [0.25, 0.3) is 0 Å². The molecule has 6 unspecified atom stereocenters. The van der Waals surface area contributed by atoms with Crippen LogP contribution >= 0.6 is 0 Å². The first-order valence-electron chi connectivity index (χ1n) is 19.4. The fourth-order valence-electron chi connectivity index (χ4n) is 8.30. The molecule has 4 rings (SSSR count). The van der Waals surface area contributed by atoms with Crippen molar-refractivity contribution in [3.63, 3.8) is 0 Å². The number of carboxylic acid groups (broad SMARTS) is 1. The number of terminal acetylenes is 1. The van der Waals surface area contributed by atoms with Crippen molar-refractivity contribution in [2.45, 2.75) is 171 Å². The van der Waals surface area contributed by atoms with Gasteiger partial charge in [0.15, 0.2) is 12.6 Å². The molecule has 17 heteroatoms. The van der Waals surface area contributed by atoms with E-state index in [4.69, 9.17) is 34.8 Å². The minimum atomic E-state index is -1.63. The maximum Gasteiger partial charge on any atom is 1.00 e. The third-order valence-electron chi connectivity index (χ3n) is 11.3. The molecule has 16 nitrogen and oxygen atoms in total. The molecule has 2 aliphatic heterocycles. The molecule has 15 atom stereocenters. The quantitative estimate of drug-likeness (QED) is 0.0442. The van der Waals surface area contributed by atoms with Crippen LogP contribution in [0.2, 0.25) is 0 Å². The molecule has 2 heterocycles. The van der Waals surface area contributed by atoms with E-state index in [2.05, 4.69) is 11.2 Å². The first-order chi connectivity index (χ1) is 25.8. The number of carboxylic acids is 1. The van der Waals surface area contributed by atoms with Gasteiger partial charge in [-0.1, -0.05) is 51.4 Å². The van der Waals surface area contributed by atoms with Gasteiger partial charge in [0.1, 0.15) is 55.1 Å². The van der Waals surface area contributed by atoms with E-state index in [9.17, 15) is 45.0 Å². The van der Waals surface area contributed by atoms with Crippen molar-refractivity contribution in [1.29, 1.82) is 0 Å². The molecule has 0 aromatic rings. The van der Waals surface area contributed by atoms with E-state index in [1.54, 1.807) is 0 Å². The number of carbonyl (C=O) groups excluding carboxylic acids is 3. The van der Waals surface area contributed by atoms with Crippen LogP contribution < -0.4 is 40.0 Å². The van der Waals surface area contributed by atoms with E-state index in [0.29, 0.717) is 25.9 Å². The Bertz CT molecular complexity index is 1250. The number of aliphatic hydroxyl groups is 5. The Balaban J connectivity index is 0.00000812. The molecule has 55 heavy (non-hydrogen) atoms. The van der Waals surface area contributed by atoms with Crippen LogP contribution in [0, 0.1) is 30.1 Å². The van der Waals surface area contributed by atoms with E-state index >= 15 is 0 Å². The largest absolute Gasteiger partial charge is 1.00 e. The first-order valence-corrected chi connectivity index (χ1v) is 19.4. The molecule has 0 bridgehead atoms. The minimum Gasteiger partial charge on any atom is -0.547 e. The summed E-state index contributed by atoms with van der Waals surface area (Å²) >= 11 is 0. The number of hydrogen-bond acceptors (Lipinski definition) is 15. The number of Topliss-reactive ketones (excluding diaryl/α,β-unsaturated/α-hetero) is 1. The topological polar surface area (TPSA) is 243 Å². The second kappa shape index (κ2) is 23.4. The number of carbonyl (C=O) groups is 3. The number of ether oxygens (including phenoxy) is 6. The van der Waals surface area contributed by atoms with Crippen LogP contribution in [-0.4, -0.2) is 143 Å². The minimum absolute atomic E-state index is 0. The Labute approximate surface area is 345 Å². The average Bonchev–Trinajstić information content (AvgIpc) is 3.15. The molecule has 1 amide bonds. The fraction of sp³-hybridized carbons (Fsp3) is 0.868. The molecule has 2 saturated heterocycles. The van der Waals surface area contributed by atoms with Crippen LogP contribution in [0.3, 0.4) is 0 Å². The summed E-state index contributed by atoms with van der Waals surface area (Å²) in [6, 6.07) is -1.30. The molecule has 4 fully saturated rings. The van der Waals surface area contributed by atoms with E-state index in [1.807, 2.05) is 6.92 Å². The maximum absolute atomic E-state index is 13.6. The summed E-state index contributed by atoms with van der Waals surface area (Å²) in [6.45, 7) is 4.34. The smallest absolute Gasteiger partial charge is 0.547 e. The summed E-state index contributed by atoms with van der Waals surface area (Å²) in [5, 5.41) is 68.4. The van der Waals surface area contributed by atoms with Gasteiger partial charge in [-0.15, -0.1) is 6.42 Å². The van der Waals surface area contributed by atoms with Crippen LogP contribution in [-0.2, 0) is 42.8 Å². The standard InChI is InChI=1S/C38H61NO15.Na/c1-5-14-49-15-10-13-25(42)24-17-23(6-2)34(54-38-33(46)32(45)30(43)20(3)50-38)26(18-24)52-37-29(39-21(4)41)35(31(44)28(19-40)53-37)51-27(36(47)48)16-22-11-8-7-9-12-22;/h1,20,22-24,26-35,37-38,40,43-46H,6-19H2,2-4H3,(H,39,41)(H,47,48);/q;+1/p-1/t20?,23?,24?,26-,27+,28+,29?,30-,31+,32+,33?,34-,35?,37-,38+;/m1./s1. The number of rotatable bonds is 18. The normalized spacial score (nSPS) is 37.6. The zero-order valence-corrected chi connectivity index (χ0v) is 34.5. The van der Waals surface area contributed by atoms with Gasteiger partial charge in [-0.3, -0.25) is 9.59 Å². The fourth-order valence-corrected chi connectivity index (χ4v) is 8.30. The molecule has 308 valence electrons. The van der Waals surface area contributed by atoms with Gasteiger partial charge in [-0.05, 0) is 44.4 Å². The van der Waals surface area contributed by atoms with Gasteiger partial charge in [0.2, 0.25) is 5.91 Å². The third-order valence-corrected chi connectivity index (χ3v) is 11.3. The van der Waals surface area contributed by atoms with Crippen LogP contribution in [0.1, 0.15) is 91.4 Å². The summed E-state index contributed by atoms with van der Waals surface area (Å²) < 4.78 is 36.2. The first kappa shape index (κ1) is 48.1. The number of aliphatic hydroxyl groups excluding tert-OH is 5. The molecule has 0 aromatic carbocycles. The summed E-state index contributed by atoms with van der Waals surface area (Å²) in [6.07, 6.45) is -4.45. The molecule has 0 radical (unpaired) electrons. The molecule has 0 aromatic heterocycles. The van der Waals surface area contributed by atoms with E-state index < -0.39 is 104 Å². The molecular weight excluding hydrogens is 733 g/mol. The zero-order chi connectivity index (χ0) is 39.5. The van der Waals surface area contributed by atoms with Crippen molar-refractivity contribution in [3.05, 3.63) is 0 Å². The zero-order valence-electron chi connectivity index (χ0n) is 32.5. The number of aliphatic carboxylic acids is 1. The van der Waals surface area contributed by atoms with Crippen molar-refractivity contribution in [3.8, 4) is 12.3 Å². The molecule has 2 aliphatic carbocycles. The van der Waals surface area contributed by atoms with Gasteiger partial charge in [-0.25, -0.2) is 0 Å². The summed E-state index contributed by atoms with van der Waals surface area (Å²) in [5.41, 5.74) is 0. The van der Waals surface area contributed by atoms with Crippen molar-refractivity contribution < 1.29 is 103 Å². The molecular formula is C38H60NNaO15. The Hall–Kier alpha value is -1.27. The third kappa shape index (κ3) is 13.1. The summed E-state index contributed by atoms with van der Waals surface area (Å²) in [4.78, 5) is 38.6. The van der Waals surface area contributed by atoms with Gasteiger partial charge in [-0.2, -0.15) is 0 Å². The van der Waals surface area contributed by atoms with E-state index in [1.165, 1.54) is 13.8 Å². The SMILES string of the molecule is C#CCOCCCC(=O)C1CC(CC)[C@@H](O[C@@H]2OC(C)[C@@H](O)[C@H](O)C2O)[C@H](O[C@@H]2O[C@@H](CO)[C@H](O)C(O[C@@H](CC3CCCCC3)C(=O)[O-])C2NC(C)=O)C1.[Na+]. The van der Waals surface area contributed by atoms with Crippen LogP contribution in [0.5, 0.6) is 0 Å². The Morgan fingerprint density at radius 2 is 1.67 bits per heavy atom. The number of nitrogens with one attached hydrogen (secondary N) is 1. The number of ketones is 1. The Morgan fingerprint density at radius 1 is 0.964 bits per heavy atom. The van der Waals surface area contributed by atoms with Gasteiger partial charge in [0.25, 0.3) is 0 Å². The maximum atomic E-state index is 13.6. The van der Waals surface area contributed by atoms with Crippen LogP contribution in [0.4, 0.5) is 0 Å². The summed E-state index contributed by atoms with van der Waals surface area (Å²) in [5.74, 6) is -0.555. The van der Waals surface area contributed by atoms with Crippen molar-refractivity contribution in [2.75, 3.05) is 19.8 Å². The number of amides is 1.